The predicted octanol–water partition coefficient (Wildman–Crippen LogP) is 3.83. The Morgan fingerprint density at radius 3 is 2.33 bits per heavy atom. The van der Waals surface area contributed by atoms with Gasteiger partial charge in [0.05, 0.1) is 24.7 Å². The molecule has 108 valence electrons. The Morgan fingerprint density at radius 1 is 1.10 bits per heavy atom. The second-order valence-corrected chi connectivity index (χ2v) is 4.56. The number of nitrogens with zero attached hydrogens (tertiary/aromatic N) is 1. The van der Waals surface area contributed by atoms with Crippen molar-refractivity contribution in [1.29, 1.82) is 0 Å². The second-order valence-electron chi connectivity index (χ2n) is 4.56. The van der Waals surface area contributed by atoms with Gasteiger partial charge in [-0.1, -0.05) is 36.4 Å². The highest BCUT2D eigenvalue weighted by Gasteiger charge is 2.18. The Kier molecular flexibility index (Phi) is 4.61. The minimum absolute atomic E-state index is 0.525. The van der Waals surface area contributed by atoms with E-state index in [1.165, 1.54) is 4.90 Å². The molecule has 0 aliphatic rings. The van der Waals surface area contributed by atoms with Crippen LogP contribution in [-0.2, 0) is 4.74 Å². The number of hydrogen-bond donors (Lipinski definition) is 1. The topological polar surface area (TPSA) is 55.6 Å². The van der Waals surface area contributed by atoms with E-state index in [-0.39, 0.29) is 0 Å². The quantitative estimate of drug-likeness (QED) is 0.866. The molecular formula is C17H18N2O2. The lowest BCUT2D eigenvalue weighted by atomic mass is 10.1. The average Bonchev–Trinajstić information content (AvgIpc) is 2.48. The molecule has 2 N–H and O–H groups in total. The summed E-state index contributed by atoms with van der Waals surface area (Å²) in [5.41, 5.74) is 8.90. The van der Waals surface area contributed by atoms with Gasteiger partial charge in [0.15, 0.2) is 0 Å². The highest BCUT2D eigenvalue weighted by atomic mass is 16.5. The Labute approximate surface area is 124 Å². The Morgan fingerprint density at radius 2 is 1.71 bits per heavy atom. The summed E-state index contributed by atoms with van der Waals surface area (Å²) >= 11 is 0. The zero-order valence-corrected chi connectivity index (χ0v) is 12.1. The van der Waals surface area contributed by atoms with Gasteiger partial charge in [0.25, 0.3) is 0 Å². The van der Waals surface area contributed by atoms with Gasteiger partial charge in [-0.2, -0.15) is 0 Å². The number of primary amides is 1. The zero-order valence-electron chi connectivity index (χ0n) is 12.1. The van der Waals surface area contributed by atoms with E-state index in [1.54, 1.807) is 19.4 Å². The van der Waals surface area contributed by atoms with Crippen LogP contribution in [-0.4, -0.2) is 13.1 Å². The van der Waals surface area contributed by atoms with E-state index in [4.69, 9.17) is 10.5 Å². The number of ether oxygens (including phenoxy) is 1. The molecule has 2 rings (SSSR count). The minimum atomic E-state index is -0.525. The normalized spacial score (nSPS) is 10.6. The van der Waals surface area contributed by atoms with Gasteiger partial charge in [0, 0.05) is 5.56 Å². The molecule has 4 nitrogen and oxygen atoms in total. The maximum absolute atomic E-state index is 12.0. The fourth-order valence-electron chi connectivity index (χ4n) is 2.15. The number of benzene rings is 2. The van der Waals surface area contributed by atoms with Gasteiger partial charge >= 0.3 is 6.03 Å². The summed E-state index contributed by atoms with van der Waals surface area (Å²) < 4.78 is 4.96. The zero-order chi connectivity index (χ0) is 15.2. The van der Waals surface area contributed by atoms with Crippen molar-refractivity contribution in [3.8, 4) is 0 Å². The molecule has 2 aromatic carbocycles. The summed E-state index contributed by atoms with van der Waals surface area (Å²) in [5.74, 6) is 0. The molecule has 2 aromatic rings. The van der Waals surface area contributed by atoms with Gasteiger partial charge in [-0.15, -0.1) is 0 Å². The van der Waals surface area contributed by atoms with Gasteiger partial charge in [0.1, 0.15) is 0 Å². The van der Waals surface area contributed by atoms with Gasteiger partial charge < -0.3 is 10.5 Å². The lowest BCUT2D eigenvalue weighted by Gasteiger charge is -2.24. The minimum Gasteiger partial charge on any atom is -0.504 e. The second kappa shape index (κ2) is 6.61. The van der Waals surface area contributed by atoms with Crippen molar-refractivity contribution in [2.75, 3.05) is 12.0 Å². The Balaban J connectivity index is 2.57. The number of methoxy groups -OCH3 is 1. The van der Waals surface area contributed by atoms with Crippen LogP contribution in [0, 0.1) is 6.92 Å². The first-order chi connectivity index (χ1) is 10.1. The first-order valence-corrected chi connectivity index (χ1v) is 6.58. The van der Waals surface area contributed by atoms with E-state index in [1.807, 2.05) is 55.5 Å². The van der Waals surface area contributed by atoms with Crippen LogP contribution in [0.4, 0.5) is 16.2 Å². The highest BCUT2D eigenvalue weighted by molar-refractivity contribution is 6.01. The van der Waals surface area contributed by atoms with Crippen molar-refractivity contribution < 1.29 is 9.53 Å². The molecule has 0 aliphatic carbocycles. The molecule has 0 fully saturated rings. The molecule has 0 saturated carbocycles. The number of aryl methyl sites for hydroxylation is 1. The van der Waals surface area contributed by atoms with Gasteiger partial charge in [0.2, 0.25) is 0 Å². The number of hydrogen-bond acceptors (Lipinski definition) is 2. The number of para-hydroxylation sites is 2. The maximum atomic E-state index is 12.0. The summed E-state index contributed by atoms with van der Waals surface area (Å²) in [6.07, 6.45) is 3.36. The Hall–Kier alpha value is -2.75. The molecule has 0 heterocycles. The van der Waals surface area contributed by atoms with Gasteiger partial charge in [-0.05, 0) is 30.7 Å². The van der Waals surface area contributed by atoms with Crippen LogP contribution in [0.25, 0.3) is 6.08 Å². The molecule has 21 heavy (non-hydrogen) atoms. The number of nitrogens with two attached hydrogens (primary N) is 1. The fourth-order valence-corrected chi connectivity index (χ4v) is 2.15. The SMILES string of the molecule is CO/C=C/c1ccccc1N(C(N)=O)c1ccccc1C. The van der Waals surface area contributed by atoms with Crippen LogP contribution in [0.5, 0.6) is 0 Å². The van der Waals surface area contributed by atoms with Crippen molar-refractivity contribution in [2.45, 2.75) is 6.92 Å². The summed E-state index contributed by atoms with van der Waals surface area (Å²) in [6.45, 7) is 1.94. The number of carbonyl (C=O) groups is 1. The van der Waals surface area contributed by atoms with Crippen LogP contribution < -0.4 is 10.6 Å². The number of carbonyl (C=O) groups excluding carboxylic acids is 1. The lowest BCUT2D eigenvalue weighted by Crippen LogP contribution is -2.32. The van der Waals surface area contributed by atoms with Gasteiger partial charge in [-0.3, -0.25) is 4.90 Å². The van der Waals surface area contributed by atoms with E-state index in [0.29, 0.717) is 5.69 Å². The van der Waals surface area contributed by atoms with Crippen LogP contribution in [0.3, 0.4) is 0 Å². The predicted molar refractivity (Wildman–Crippen MR) is 85.4 cm³/mol. The van der Waals surface area contributed by atoms with E-state index >= 15 is 0 Å². The molecule has 0 aromatic heterocycles. The molecule has 0 radical (unpaired) electrons. The molecule has 0 atom stereocenters. The number of urea groups is 1. The van der Waals surface area contributed by atoms with Crippen LogP contribution >= 0.6 is 0 Å². The molecule has 4 heteroatoms. The van der Waals surface area contributed by atoms with Crippen LogP contribution in [0.2, 0.25) is 0 Å². The standard InChI is InChI=1S/C17H18N2O2/c1-13-7-3-5-9-15(13)19(17(18)20)16-10-6-4-8-14(16)11-12-21-2/h3-12H,1-2H3,(H2,18,20)/b12-11+. The summed E-state index contributed by atoms with van der Waals surface area (Å²) in [7, 11) is 1.58. The first-order valence-electron chi connectivity index (χ1n) is 6.58. The molecular weight excluding hydrogens is 264 g/mol. The first kappa shape index (κ1) is 14.7. The number of amides is 2. The maximum Gasteiger partial charge on any atom is 0.323 e. The third-order valence-electron chi connectivity index (χ3n) is 3.14. The van der Waals surface area contributed by atoms with Crippen LogP contribution in [0.1, 0.15) is 11.1 Å². The van der Waals surface area contributed by atoms with E-state index < -0.39 is 6.03 Å². The summed E-state index contributed by atoms with van der Waals surface area (Å²) in [6, 6.07) is 14.6. The monoisotopic (exact) mass is 282 g/mol. The third kappa shape index (κ3) is 3.23. The lowest BCUT2D eigenvalue weighted by molar-refractivity contribution is 0.256. The molecule has 0 aliphatic heterocycles. The molecule has 0 saturated heterocycles. The van der Waals surface area contributed by atoms with Crippen molar-refractivity contribution in [2.24, 2.45) is 5.73 Å². The molecule has 0 bridgehead atoms. The van der Waals surface area contributed by atoms with Crippen LogP contribution in [0.15, 0.2) is 54.8 Å². The largest absolute Gasteiger partial charge is 0.504 e. The molecule has 2 amide bonds. The average molecular weight is 282 g/mol. The third-order valence-corrected chi connectivity index (χ3v) is 3.14. The van der Waals surface area contributed by atoms with Crippen molar-refractivity contribution in [1.82, 2.24) is 0 Å². The van der Waals surface area contributed by atoms with Crippen molar-refractivity contribution in [3.63, 3.8) is 0 Å². The Bertz CT molecular complexity index is 665. The van der Waals surface area contributed by atoms with E-state index in [0.717, 1.165) is 16.8 Å². The number of anilines is 2. The van der Waals surface area contributed by atoms with E-state index in [2.05, 4.69) is 0 Å². The van der Waals surface area contributed by atoms with Crippen molar-refractivity contribution in [3.05, 3.63) is 65.9 Å². The number of rotatable bonds is 4. The fraction of sp³-hybridized carbons (Fsp3) is 0.118. The smallest absolute Gasteiger partial charge is 0.323 e. The van der Waals surface area contributed by atoms with E-state index in [9.17, 15) is 4.79 Å². The highest BCUT2D eigenvalue weighted by Crippen LogP contribution is 2.31. The summed E-state index contributed by atoms with van der Waals surface area (Å²) in [4.78, 5) is 13.5. The van der Waals surface area contributed by atoms with Crippen molar-refractivity contribution >= 4 is 23.5 Å². The molecule has 0 unspecified atom stereocenters. The summed E-state index contributed by atoms with van der Waals surface area (Å²) in [5, 5.41) is 0. The molecule has 0 spiro atoms. The van der Waals surface area contributed by atoms with Gasteiger partial charge in [-0.25, -0.2) is 4.79 Å².